The predicted octanol–water partition coefficient (Wildman–Crippen LogP) is 2.70. The molecule has 0 aromatic heterocycles. The van der Waals surface area contributed by atoms with Crippen molar-refractivity contribution in [3.8, 4) is 0 Å². The number of nitrogens with one attached hydrogen (secondary N) is 1. The first-order chi connectivity index (χ1) is 10.6. The normalized spacial score (nSPS) is 18.6. The molecule has 0 spiro atoms. The van der Waals surface area contributed by atoms with Crippen LogP contribution in [0.4, 0.5) is 0 Å². The molecule has 1 aliphatic carbocycles. The summed E-state index contributed by atoms with van der Waals surface area (Å²) in [5.74, 6) is -0.101. The number of hydrogen-bond acceptors (Lipinski definition) is 3. The van der Waals surface area contributed by atoms with Crippen molar-refractivity contribution in [1.29, 1.82) is 0 Å². The highest BCUT2D eigenvalue weighted by Gasteiger charge is 2.32. The van der Waals surface area contributed by atoms with Crippen molar-refractivity contribution in [3.05, 3.63) is 35.9 Å². The van der Waals surface area contributed by atoms with Crippen LogP contribution in [0.5, 0.6) is 0 Å². The Kier molecular flexibility index (Phi) is 6.40. The highest BCUT2D eigenvalue weighted by Crippen LogP contribution is 2.31. The molecule has 1 aromatic carbocycles. The summed E-state index contributed by atoms with van der Waals surface area (Å²) in [4.78, 5) is 12.3. The van der Waals surface area contributed by atoms with Crippen molar-refractivity contribution in [2.45, 2.75) is 63.0 Å². The molecule has 1 fully saturated rings. The number of rotatable bonds is 7. The lowest BCUT2D eigenvalue weighted by molar-refractivity contribution is -0.128. The van der Waals surface area contributed by atoms with E-state index in [0.29, 0.717) is 25.7 Å². The van der Waals surface area contributed by atoms with Gasteiger partial charge in [-0.25, -0.2) is 0 Å². The Morgan fingerprint density at radius 3 is 2.50 bits per heavy atom. The molecular weight excluding hydrogens is 278 g/mol. The van der Waals surface area contributed by atoms with Crippen LogP contribution in [-0.2, 0) is 4.79 Å². The molecule has 4 heteroatoms. The van der Waals surface area contributed by atoms with E-state index in [9.17, 15) is 9.90 Å². The van der Waals surface area contributed by atoms with Gasteiger partial charge in [0, 0.05) is 6.61 Å². The van der Waals surface area contributed by atoms with E-state index in [-0.39, 0.29) is 25.0 Å². The largest absolute Gasteiger partial charge is 0.396 e. The average molecular weight is 305 g/mol. The molecule has 0 radical (unpaired) electrons. The van der Waals surface area contributed by atoms with E-state index in [2.05, 4.69) is 5.32 Å². The second-order valence-electron chi connectivity index (χ2n) is 6.36. The van der Waals surface area contributed by atoms with E-state index in [4.69, 9.17) is 5.11 Å². The van der Waals surface area contributed by atoms with E-state index < -0.39 is 5.60 Å². The molecule has 0 heterocycles. The summed E-state index contributed by atoms with van der Waals surface area (Å²) in [6.45, 7) is 0.114. The minimum Gasteiger partial charge on any atom is -0.396 e. The fraction of sp³-hybridized carbons (Fsp3) is 0.611. The Morgan fingerprint density at radius 1 is 1.18 bits per heavy atom. The molecule has 1 saturated carbocycles. The van der Waals surface area contributed by atoms with Crippen molar-refractivity contribution in [1.82, 2.24) is 5.32 Å². The van der Waals surface area contributed by atoms with Crippen molar-refractivity contribution in [3.63, 3.8) is 0 Å². The first kappa shape index (κ1) is 17.0. The minimum absolute atomic E-state index is 0.101. The van der Waals surface area contributed by atoms with Gasteiger partial charge in [-0.1, -0.05) is 49.6 Å². The Hall–Kier alpha value is -1.39. The Morgan fingerprint density at radius 2 is 1.86 bits per heavy atom. The summed E-state index contributed by atoms with van der Waals surface area (Å²) in [5.41, 5.74) is 0.209. The third-order valence-electron chi connectivity index (χ3n) is 4.46. The summed E-state index contributed by atoms with van der Waals surface area (Å²) in [7, 11) is 0. The number of aliphatic hydroxyl groups excluding tert-OH is 1. The molecule has 1 unspecified atom stereocenters. The van der Waals surface area contributed by atoms with Crippen LogP contribution in [0.3, 0.4) is 0 Å². The standard InChI is InChI=1S/C18H27NO3/c20-13-7-10-16(15-8-3-1-4-9-15)19-17(21)14-18(22)11-5-2-6-12-18/h1,3-4,8-9,16,20,22H,2,5-7,10-14H2,(H,19,21). The minimum atomic E-state index is -0.833. The topological polar surface area (TPSA) is 69.6 Å². The molecular formula is C18H27NO3. The SMILES string of the molecule is O=C(CC1(O)CCCCC1)NC(CCCO)c1ccccc1. The van der Waals surface area contributed by atoms with Crippen LogP contribution < -0.4 is 5.32 Å². The van der Waals surface area contributed by atoms with Gasteiger partial charge < -0.3 is 15.5 Å². The first-order valence-electron chi connectivity index (χ1n) is 8.30. The van der Waals surface area contributed by atoms with Crippen LogP contribution in [0.1, 0.15) is 63.0 Å². The maximum atomic E-state index is 12.3. The van der Waals surface area contributed by atoms with E-state index in [1.807, 2.05) is 30.3 Å². The molecule has 3 N–H and O–H groups in total. The van der Waals surface area contributed by atoms with E-state index in [1.54, 1.807) is 0 Å². The lowest BCUT2D eigenvalue weighted by atomic mass is 9.82. The van der Waals surface area contributed by atoms with Gasteiger partial charge in [0.15, 0.2) is 0 Å². The fourth-order valence-corrected chi connectivity index (χ4v) is 3.23. The van der Waals surface area contributed by atoms with E-state index >= 15 is 0 Å². The van der Waals surface area contributed by atoms with E-state index in [0.717, 1.165) is 24.8 Å². The lowest BCUT2D eigenvalue weighted by Gasteiger charge is -2.32. The van der Waals surface area contributed by atoms with Crippen LogP contribution in [0, 0.1) is 0 Å². The van der Waals surface area contributed by atoms with Gasteiger partial charge in [0.25, 0.3) is 0 Å². The van der Waals surface area contributed by atoms with Crippen molar-refractivity contribution < 1.29 is 15.0 Å². The summed E-state index contributed by atoms with van der Waals surface area (Å²) in [6.07, 6.45) is 6.09. The number of carbonyl (C=O) groups excluding carboxylic acids is 1. The van der Waals surface area contributed by atoms with Crippen LogP contribution in [0.15, 0.2) is 30.3 Å². The van der Waals surface area contributed by atoms with Gasteiger partial charge in [-0.2, -0.15) is 0 Å². The Bertz CT molecular complexity index is 455. The molecule has 4 nitrogen and oxygen atoms in total. The Balaban J connectivity index is 1.95. The Labute approximate surface area is 132 Å². The molecule has 122 valence electrons. The summed E-state index contributed by atoms with van der Waals surface area (Å²) >= 11 is 0. The van der Waals surface area contributed by atoms with Crippen LogP contribution in [-0.4, -0.2) is 28.3 Å². The van der Waals surface area contributed by atoms with Gasteiger partial charge in [-0.3, -0.25) is 4.79 Å². The van der Waals surface area contributed by atoms with Crippen LogP contribution in [0.25, 0.3) is 0 Å². The number of aliphatic hydroxyl groups is 2. The average Bonchev–Trinajstić information content (AvgIpc) is 2.52. The molecule has 1 atom stereocenters. The number of carbonyl (C=O) groups is 1. The fourth-order valence-electron chi connectivity index (χ4n) is 3.23. The molecule has 0 aliphatic heterocycles. The molecule has 1 aliphatic rings. The van der Waals surface area contributed by atoms with Gasteiger partial charge in [-0.15, -0.1) is 0 Å². The first-order valence-corrected chi connectivity index (χ1v) is 8.30. The molecule has 22 heavy (non-hydrogen) atoms. The van der Waals surface area contributed by atoms with Crippen molar-refractivity contribution >= 4 is 5.91 Å². The van der Waals surface area contributed by atoms with Crippen molar-refractivity contribution in [2.75, 3.05) is 6.61 Å². The maximum Gasteiger partial charge on any atom is 0.223 e. The van der Waals surface area contributed by atoms with E-state index in [1.165, 1.54) is 0 Å². The third kappa shape index (κ3) is 5.11. The molecule has 0 saturated heterocycles. The second-order valence-corrected chi connectivity index (χ2v) is 6.36. The monoisotopic (exact) mass is 305 g/mol. The highest BCUT2D eigenvalue weighted by molar-refractivity contribution is 5.77. The highest BCUT2D eigenvalue weighted by atomic mass is 16.3. The zero-order chi connectivity index (χ0) is 15.8. The van der Waals surface area contributed by atoms with Gasteiger partial charge in [0.1, 0.15) is 0 Å². The smallest absolute Gasteiger partial charge is 0.223 e. The van der Waals surface area contributed by atoms with Crippen molar-refractivity contribution in [2.24, 2.45) is 0 Å². The molecule has 0 bridgehead atoms. The van der Waals surface area contributed by atoms with Crippen LogP contribution >= 0.6 is 0 Å². The molecule has 2 rings (SSSR count). The van der Waals surface area contributed by atoms with Gasteiger partial charge in [0.05, 0.1) is 18.1 Å². The van der Waals surface area contributed by atoms with Crippen LogP contribution in [0.2, 0.25) is 0 Å². The predicted molar refractivity (Wildman–Crippen MR) is 86.3 cm³/mol. The third-order valence-corrected chi connectivity index (χ3v) is 4.46. The molecule has 1 amide bonds. The number of hydrogen-bond donors (Lipinski definition) is 3. The summed E-state index contributed by atoms with van der Waals surface area (Å²) < 4.78 is 0. The lowest BCUT2D eigenvalue weighted by Crippen LogP contribution is -2.39. The maximum absolute atomic E-state index is 12.3. The quantitative estimate of drug-likeness (QED) is 0.725. The van der Waals surface area contributed by atoms with Gasteiger partial charge >= 0.3 is 0 Å². The molecule has 1 aromatic rings. The second kappa shape index (κ2) is 8.30. The summed E-state index contributed by atoms with van der Waals surface area (Å²) in [5, 5.41) is 22.6. The zero-order valence-corrected chi connectivity index (χ0v) is 13.1. The number of amides is 1. The number of benzene rings is 1. The van der Waals surface area contributed by atoms with Gasteiger partial charge in [-0.05, 0) is 31.2 Å². The van der Waals surface area contributed by atoms with Gasteiger partial charge in [0.2, 0.25) is 5.91 Å². The zero-order valence-electron chi connectivity index (χ0n) is 13.1. The summed E-state index contributed by atoms with van der Waals surface area (Å²) in [6, 6.07) is 9.70.